The van der Waals surface area contributed by atoms with Crippen molar-refractivity contribution in [2.24, 2.45) is 0 Å². The van der Waals surface area contributed by atoms with E-state index in [2.05, 4.69) is 16.5 Å². The van der Waals surface area contributed by atoms with Gasteiger partial charge in [0.15, 0.2) is 11.6 Å². The molecule has 0 atom stereocenters. The number of rotatable bonds is 3. The molecular weight excluding hydrogens is 273 g/mol. The highest BCUT2D eigenvalue weighted by Gasteiger charge is 2.17. The first-order valence-electron chi connectivity index (χ1n) is 6.63. The molecule has 0 fully saturated rings. The molecule has 3 aromatic rings. The third-order valence-electron chi connectivity index (χ3n) is 3.32. The molecule has 0 spiro atoms. The second-order valence-corrected chi connectivity index (χ2v) is 5.94. The number of aromatic nitrogens is 2. The van der Waals surface area contributed by atoms with E-state index in [0.29, 0.717) is 5.52 Å². The van der Waals surface area contributed by atoms with E-state index in [9.17, 15) is 4.39 Å². The molecule has 0 radical (unpaired) electrons. The Morgan fingerprint density at radius 3 is 2.85 bits per heavy atom. The third kappa shape index (κ3) is 1.98. The van der Waals surface area contributed by atoms with Crippen molar-refractivity contribution in [3.63, 3.8) is 0 Å². The van der Waals surface area contributed by atoms with Gasteiger partial charge in [-0.1, -0.05) is 13.0 Å². The number of hydrogen-bond donors (Lipinski definition) is 1. The van der Waals surface area contributed by atoms with Crippen LogP contribution in [0.15, 0.2) is 24.3 Å². The van der Waals surface area contributed by atoms with E-state index in [0.717, 1.165) is 39.7 Å². The number of benzene rings is 1. The fourth-order valence-corrected chi connectivity index (χ4v) is 3.40. The highest BCUT2D eigenvalue weighted by Crippen LogP contribution is 2.35. The predicted molar refractivity (Wildman–Crippen MR) is 82.4 cm³/mol. The summed E-state index contributed by atoms with van der Waals surface area (Å²) >= 11 is 1.50. The van der Waals surface area contributed by atoms with Crippen molar-refractivity contribution in [2.45, 2.75) is 26.8 Å². The van der Waals surface area contributed by atoms with Gasteiger partial charge in [-0.25, -0.2) is 9.37 Å². The Bertz CT molecular complexity index is 773. The Morgan fingerprint density at radius 2 is 2.20 bits per heavy atom. The van der Waals surface area contributed by atoms with E-state index in [1.54, 1.807) is 6.07 Å². The van der Waals surface area contributed by atoms with Crippen LogP contribution in [0, 0.1) is 12.7 Å². The molecular formula is C15H16FN3S. The lowest BCUT2D eigenvalue weighted by molar-refractivity contribution is 0.637. The molecule has 3 rings (SSSR count). The Labute approximate surface area is 120 Å². The molecule has 3 nitrogen and oxygen atoms in total. The Morgan fingerprint density at radius 1 is 1.40 bits per heavy atom. The van der Waals surface area contributed by atoms with Crippen LogP contribution >= 0.6 is 11.3 Å². The monoisotopic (exact) mass is 289 g/mol. The lowest BCUT2D eigenvalue weighted by Crippen LogP contribution is -1.99. The maximum atomic E-state index is 13.9. The Hall–Kier alpha value is -1.88. The van der Waals surface area contributed by atoms with Crippen molar-refractivity contribution < 1.29 is 4.39 Å². The zero-order valence-corrected chi connectivity index (χ0v) is 12.3. The SMILES string of the molecule is CCCn1c(-c2sc(N)cc2C)nc2c(F)cccc21. The summed E-state index contributed by atoms with van der Waals surface area (Å²) in [7, 11) is 0. The fraction of sp³-hybridized carbons (Fsp3) is 0.267. The summed E-state index contributed by atoms with van der Waals surface area (Å²) in [6.07, 6.45) is 0.967. The maximum absolute atomic E-state index is 13.9. The van der Waals surface area contributed by atoms with E-state index in [4.69, 9.17) is 5.73 Å². The van der Waals surface area contributed by atoms with Crippen LogP contribution in [-0.4, -0.2) is 9.55 Å². The van der Waals surface area contributed by atoms with Gasteiger partial charge in [0.25, 0.3) is 0 Å². The number of thiophene rings is 1. The molecule has 0 amide bonds. The molecule has 0 bridgehead atoms. The van der Waals surface area contributed by atoms with Crippen molar-refractivity contribution in [1.82, 2.24) is 9.55 Å². The zero-order valence-electron chi connectivity index (χ0n) is 11.5. The molecule has 2 N–H and O–H groups in total. The molecule has 0 unspecified atom stereocenters. The highest BCUT2D eigenvalue weighted by molar-refractivity contribution is 7.19. The van der Waals surface area contributed by atoms with Crippen molar-refractivity contribution in [1.29, 1.82) is 0 Å². The van der Waals surface area contributed by atoms with Gasteiger partial charge in [0, 0.05) is 6.54 Å². The van der Waals surface area contributed by atoms with Gasteiger partial charge in [0.1, 0.15) is 5.52 Å². The molecule has 5 heteroatoms. The van der Waals surface area contributed by atoms with Crippen LogP contribution in [0.3, 0.4) is 0 Å². The van der Waals surface area contributed by atoms with Gasteiger partial charge in [-0.2, -0.15) is 0 Å². The smallest absolute Gasteiger partial charge is 0.151 e. The standard InChI is InChI=1S/C15H16FN3S/c1-3-7-19-11-6-4-5-10(16)13(11)18-15(19)14-9(2)8-12(17)20-14/h4-6,8H,3,7,17H2,1-2H3. The lowest BCUT2D eigenvalue weighted by Gasteiger charge is -2.06. The number of aryl methyl sites for hydroxylation is 2. The Balaban J connectivity index is 2.32. The molecule has 104 valence electrons. The number of hydrogen-bond acceptors (Lipinski definition) is 3. The summed E-state index contributed by atoms with van der Waals surface area (Å²) in [5.74, 6) is 0.534. The van der Waals surface area contributed by atoms with Crippen LogP contribution in [0.25, 0.3) is 21.7 Å². The lowest BCUT2D eigenvalue weighted by atomic mass is 10.2. The first-order valence-corrected chi connectivity index (χ1v) is 7.44. The molecule has 0 aliphatic rings. The van der Waals surface area contributed by atoms with Crippen molar-refractivity contribution in [2.75, 3.05) is 5.73 Å². The third-order valence-corrected chi connectivity index (χ3v) is 4.38. The highest BCUT2D eigenvalue weighted by atomic mass is 32.1. The van der Waals surface area contributed by atoms with E-state index in [-0.39, 0.29) is 5.82 Å². The zero-order chi connectivity index (χ0) is 14.3. The number of nitrogens with zero attached hydrogens (tertiary/aromatic N) is 2. The Kier molecular flexibility index (Phi) is 3.22. The minimum atomic E-state index is -0.277. The van der Waals surface area contributed by atoms with Crippen LogP contribution in [0.2, 0.25) is 0 Å². The number of anilines is 1. The summed E-state index contributed by atoms with van der Waals surface area (Å²) in [5, 5.41) is 0.757. The number of fused-ring (bicyclic) bond motifs is 1. The van der Waals surface area contributed by atoms with Gasteiger partial charge in [-0.15, -0.1) is 11.3 Å². The van der Waals surface area contributed by atoms with Gasteiger partial charge < -0.3 is 10.3 Å². The topological polar surface area (TPSA) is 43.8 Å². The summed E-state index contributed by atoms with van der Waals surface area (Å²) in [4.78, 5) is 5.54. The molecule has 0 aliphatic carbocycles. The van der Waals surface area contributed by atoms with Gasteiger partial charge in [0.2, 0.25) is 0 Å². The van der Waals surface area contributed by atoms with Crippen LogP contribution in [0.4, 0.5) is 9.39 Å². The van der Waals surface area contributed by atoms with Crippen molar-refractivity contribution in [3.05, 3.63) is 35.6 Å². The predicted octanol–water partition coefficient (Wildman–Crippen LogP) is 4.20. The van der Waals surface area contributed by atoms with Crippen LogP contribution in [0.5, 0.6) is 0 Å². The second-order valence-electron chi connectivity index (χ2n) is 4.86. The van der Waals surface area contributed by atoms with Crippen molar-refractivity contribution >= 4 is 27.4 Å². The van der Waals surface area contributed by atoms with Gasteiger partial charge >= 0.3 is 0 Å². The fourth-order valence-electron chi connectivity index (χ4n) is 2.46. The summed E-state index contributed by atoms with van der Waals surface area (Å²) in [6, 6.07) is 7.03. The number of nitrogen functional groups attached to an aromatic ring is 1. The molecule has 0 saturated heterocycles. The normalized spacial score (nSPS) is 11.3. The number of para-hydroxylation sites is 1. The average molecular weight is 289 g/mol. The van der Waals surface area contributed by atoms with Gasteiger partial charge in [-0.05, 0) is 37.1 Å². The van der Waals surface area contributed by atoms with Crippen molar-refractivity contribution in [3.8, 4) is 10.7 Å². The molecule has 0 aliphatic heterocycles. The van der Waals surface area contributed by atoms with Gasteiger partial charge in [-0.3, -0.25) is 0 Å². The molecule has 2 heterocycles. The molecule has 2 aromatic heterocycles. The van der Waals surface area contributed by atoms with Crippen LogP contribution < -0.4 is 5.73 Å². The summed E-state index contributed by atoms with van der Waals surface area (Å²) in [5.41, 5.74) is 8.23. The first kappa shape index (κ1) is 13.1. The maximum Gasteiger partial charge on any atom is 0.151 e. The number of halogens is 1. The first-order chi connectivity index (χ1) is 9.61. The van der Waals surface area contributed by atoms with E-state index < -0.39 is 0 Å². The minimum Gasteiger partial charge on any atom is -0.391 e. The molecule has 0 saturated carbocycles. The van der Waals surface area contributed by atoms with Crippen LogP contribution in [0.1, 0.15) is 18.9 Å². The number of imidazole rings is 1. The molecule has 20 heavy (non-hydrogen) atoms. The summed E-state index contributed by atoms with van der Waals surface area (Å²) < 4.78 is 16.0. The summed E-state index contributed by atoms with van der Waals surface area (Å²) in [6.45, 7) is 4.92. The van der Waals surface area contributed by atoms with E-state index >= 15 is 0 Å². The van der Waals surface area contributed by atoms with E-state index in [1.807, 2.05) is 19.1 Å². The minimum absolute atomic E-state index is 0.277. The van der Waals surface area contributed by atoms with Crippen LogP contribution in [-0.2, 0) is 6.54 Å². The molecule has 1 aromatic carbocycles. The second kappa shape index (κ2) is 4.90. The largest absolute Gasteiger partial charge is 0.391 e. The number of nitrogens with two attached hydrogens (primary N) is 1. The van der Waals surface area contributed by atoms with Gasteiger partial charge in [0.05, 0.1) is 15.4 Å². The average Bonchev–Trinajstić information content (AvgIpc) is 2.92. The van der Waals surface area contributed by atoms with E-state index in [1.165, 1.54) is 17.4 Å². The quantitative estimate of drug-likeness (QED) is 0.785.